The van der Waals surface area contributed by atoms with Gasteiger partial charge in [-0.05, 0) is 81.7 Å². The van der Waals surface area contributed by atoms with Gasteiger partial charge in [0.2, 0.25) is 11.9 Å². The van der Waals surface area contributed by atoms with Crippen LogP contribution in [0, 0.1) is 5.92 Å². The van der Waals surface area contributed by atoms with E-state index in [0.717, 1.165) is 60.8 Å². The van der Waals surface area contributed by atoms with Gasteiger partial charge >= 0.3 is 0 Å². The SMILES string of the molecule is C=CC(=O)N1CCC[C@H]1c1ccc(N2[C@H](C)[C@@H](CS(C)(=O)=O)C2(C)C)c2cnc(Nc3ccnc(N4CCC(OC)CC4)n3)cc12. The van der Waals surface area contributed by atoms with Gasteiger partial charge in [-0.2, -0.15) is 4.98 Å². The Balaban J connectivity index is 1.37. The number of hydrogen-bond acceptors (Lipinski definition) is 10. The second-order valence-corrected chi connectivity index (χ2v) is 15.6. The monoisotopic (exact) mass is 647 g/mol. The third-order valence-electron chi connectivity index (χ3n) is 10.2. The van der Waals surface area contributed by atoms with E-state index in [4.69, 9.17) is 14.7 Å². The zero-order chi connectivity index (χ0) is 32.8. The van der Waals surface area contributed by atoms with Gasteiger partial charge < -0.3 is 24.8 Å². The minimum absolute atomic E-state index is 0.00564. The summed E-state index contributed by atoms with van der Waals surface area (Å²) >= 11 is 0. The van der Waals surface area contributed by atoms with Crippen molar-refractivity contribution in [1.82, 2.24) is 19.9 Å². The van der Waals surface area contributed by atoms with Crippen molar-refractivity contribution >= 4 is 49.8 Å². The fraction of sp³-hybridized carbons (Fsp3) is 0.529. The zero-order valence-corrected chi connectivity index (χ0v) is 28.3. The fourth-order valence-electron chi connectivity index (χ4n) is 7.87. The van der Waals surface area contributed by atoms with Gasteiger partial charge in [-0.3, -0.25) is 4.79 Å². The van der Waals surface area contributed by atoms with Crippen molar-refractivity contribution in [2.24, 2.45) is 5.92 Å². The van der Waals surface area contributed by atoms with Gasteiger partial charge in [-0.15, -0.1) is 0 Å². The van der Waals surface area contributed by atoms with Crippen molar-refractivity contribution in [3.05, 3.63) is 54.9 Å². The molecule has 0 unspecified atom stereocenters. The van der Waals surface area contributed by atoms with Gasteiger partial charge in [0, 0.05) is 74.0 Å². The Morgan fingerprint density at radius 1 is 1.11 bits per heavy atom. The van der Waals surface area contributed by atoms with Gasteiger partial charge in [-0.1, -0.05) is 12.6 Å². The molecule has 1 N–H and O–H groups in total. The van der Waals surface area contributed by atoms with Crippen LogP contribution in [0.2, 0.25) is 0 Å². The molecular formula is C34H45N7O4S. The fourth-order valence-corrected chi connectivity index (χ4v) is 9.21. The topological polar surface area (TPSA) is 121 Å². The number of fused-ring (bicyclic) bond motifs is 1. The minimum Gasteiger partial charge on any atom is -0.381 e. The van der Waals surface area contributed by atoms with Gasteiger partial charge in [-0.25, -0.2) is 18.4 Å². The van der Waals surface area contributed by atoms with Gasteiger partial charge in [0.05, 0.1) is 17.9 Å². The summed E-state index contributed by atoms with van der Waals surface area (Å²) in [5, 5.41) is 5.36. The molecule has 3 aliphatic heterocycles. The van der Waals surface area contributed by atoms with Crippen LogP contribution < -0.4 is 15.1 Å². The summed E-state index contributed by atoms with van der Waals surface area (Å²) in [4.78, 5) is 33.4. The number of benzene rings is 1. The molecule has 46 heavy (non-hydrogen) atoms. The quantitative estimate of drug-likeness (QED) is 0.322. The second-order valence-electron chi connectivity index (χ2n) is 13.4. The average Bonchev–Trinajstić information content (AvgIpc) is 3.53. The number of carbonyl (C=O) groups excluding carboxylic acids is 1. The number of likely N-dealkylation sites (tertiary alicyclic amines) is 1. The average molecular weight is 648 g/mol. The standard InChI is InChI=1S/C34H45N7O4S/c1-7-32(42)40-16-8-9-28(40)24-10-11-29(41-22(2)27(34(41,3)4)21-46(6,43)44)26-20-36-31(19-25(24)26)37-30-12-15-35-33(38-30)39-17-13-23(45-5)14-18-39/h7,10-12,15,19-20,22-23,27-28H,1,8-9,13-14,16-18,21H2,2-6H3,(H,35,36,37,38)/t22-,27-,28+/m1/s1. The maximum atomic E-state index is 12.8. The van der Waals surface area contributed by atoms with E-state index in [2.05, 4.69) is 59.6 Å². The molecule has 246 valence electrons. The Bertz CT molecular complexity index is 1740. The third-order valence-corrected chi connectivity index (χ3v) is 11.2. The summed E-state index contributed by atoms with van der Waals surface area (Å²) in [7, 11) is -1.37. The maximum Gasteiger partial charge on any atom is 0.246 e. The number of rotatable bonds is 9. The van der Waals surface area contributed by atoms with Gasteiger partial charge in [0.25, 0.3) is 0 Å². The Labute approximate surface area is 272 Å². The summed E-state index contributed by atoms with van der Waals surface area (Å²) < 4.78 is 30.0. The molecule has 0 saturated carbocycles. The number of amides is 1. The van der Waals surface area contributed by atoms with Crippen molar-refractivity contribution in [3.8, 4) is 0 Å². The van der Waals surface area contributed by atoms with Gasteiger partial charge in [0.1, 0.15) is 21.5 Å². The number of pyridine rings is 1. The molecule has 3 fully saturated rings. The molecule has 0 radical (unpaired) electrons. The molecule has 5 heterocycles. The number of nitrogens with zero attached hydrogens (tertiary/aromatic N) is 6. The van der Waals surface area contributed by atoms with Crippen molar-refractivity contribution < 1.29 is 17.9 Å². The molecule has 11 nitrogen and oxygen atoms in total. The van der Waals surface area contributed by atoms with Gasteiger partial charge in [0.15, 0.2) is 0 Å². The van der Waals surface area contributed by atoms with E-state index in [1.165, 1.54) is 12.3 Å². The van der Waals surface area contributed by atoms with Crippen molar-refractivity contribution in [3.63, 3.8) is 0 Å². The van der Waals surface area contributed by atoms with E-state index in [-0.39, 0.29) is 41.3 Å². The van der Waals surface area contributed by atoms with E-state index < -0.39 is 9.84 Å². The predicted octanol–water partition coefficient (Wildman–Crippen LogP) is 4.88. The van der Waals surface area contributed by atoms with Crippen LogP contribution in [0.5, 0.6) is 0 Å². The minimum atomic E-state index is -3.13. The third kappa shape index (κ3) is 6.04. The molecule has 0 spiro atoms. The number of aromatic nitrogens is 3. The molecule has 12 heteroatoms. The van der Waals surface area contributed by atoms with Crippen molar-refractivity contribution in [2.45, 2.75) is 70.2 Å². The van der Waals surface area contributed by atoms with Crippen molar-refractivity contribution in [1.29, 1.82) is 0 Å². The molecule has 2 aromatic heterocycles. The number of anilines is 4. The lowest BCUT2D eigenvalue weighted by Crippen LogP contribution is -2.71. The summed E-state index contributed by atoms with van der Waals surface area (Å²) in [6.45, 7) is 12.4. The summed E-state index contributed by atoms with van der Waals surface area (Å²) in [6.07, 6.45) is 10.2. The molecule has 0 bridgehead atoms. The smallest absolute Gasteiger partial charge is 0.246 e. The lowest BCUT2D eigenvalue weighted by molar-refractivity contribution is -0.126. The highest BCUT2D eigenvalue weighted by molar-refractivity contribution is 7.90. The van der Waals surface area contributed by atoms with Crippen LogP contribution in [0.25, 0.3) is 10.8 Å². The highest BCUT2D eigenvalue weighted by atomic mass is 32.2. The highest BCUT2D eigenvalue weighted by Gasteiger charge is 2.53. The first-order chi connectivity index (χ1) is 21.9. The summed E-state index contributed by atoms with van der Waals surface area (Å²) in [5.41, 5.74) is 1.68. The Morgan fingerprint density at radius 3 is 2.54 bits per heavy atom. The molecule has 0 aliphatic carbocycles. The number of carbonyl (C=O) groups is 1. The van der Waals surface area contributed by atoms with E-state index in [1.54, 1.807) is 13.3 Å². The first-order valence-corrected chi connectivity index (χ1v) is 18.2. The first-order valence-electron chi connectivity index (χ1n) is 16.1. The second kappa shape index (κ2) is 12.4. The largest absolute Gasteiger partial charge is 0.381 e. The molecule has 3 aromatic rings. The van der Waals surface area contributed by atoms with E-state index in [9.17, 15) is 13.2 Å². The van der Waals surface area contributed by atoms with Crippen LogP contribution in [-0.4, -0.2) is 90.6 Å². The zero-order valence-electron chi connectivity index (χ0n) is 27.4. The van der Waals surface area contributed by atoms with Crippen molar-refractivity contribution in [2.75, 3.05) is 53.9 Å². The van der Waals surface area contributed by atoms with Crippen LogP contribution in [0.4, 0.5) is 23.3 Å². The number of ether oxygens (including phenoxy) is 1. The Morgan fingerprint density at radius 2 is 1.87 bits per heavy atom. The van der Waals surface area contributed by atoms with E-state index in [0.29, 0.717) is 24.1 Å². The predicted molar refractivity (Wildman–Crippen MR) is 182 cm³/mol. The van der Waals surface area contributed by atoms with Crippen LogP contribution in [0.15, 0.2) is 49.3 Å². The number of hydrogen-bond donors (Lipinski definition) is 1. The normalized spacial score (nSPS) is 23.4. The molecule has 3 aliphatic rings. The lowest BCUT2D eigenvalue weighted by Gasteiger charge is -2.62. The molecule has 1 amide bonds. The number of methoxy groups -OCH3 is 1. The molecule has 6 rings (SSSR count). The molecular weight excluding hydrogens is 602 g/mol. The van der Waals surface area contributed by atoms with Crippen LogP contribution >= 0.6 is 0 Å². The Kier molecular flexibility index (Phi) is 8.71. The number of sulfone groups is 1. The Hall–Kier alpha value is -3.77. The number of nitrogens with one attached hydrogen (secondary N) is 1. The first kappa shape index (κ1) is 32.2. The number of piperidine rings is 1. The highest BCUT2D eigenvalue weighted by Crippen LogP contribution is 2.49. The summed E-state index contributed by atoms with van der Waals surface area (Å²) in [6, 6.07) is 8.05. The molecule has 1 aromatic carbocycles. The lowest BCUT2D eigenvalue weighted by atomic mass is 9.71. The van der Waals surface area contributed by atoms with E-state index in [1.807, 2.05) is 23.2 Å². The van der Waals surface area contributed by atoms with E-state index >= 15 is 0 Å². The van der Waals surface area contributed by atoms with Crippen LogP contribution in [-0.2, 0) is 19.4 Å². The molecule has 3 atom stereocenters. The van der Waals surface area contributed by atoms with Crippen LogP contribution in [0.3, 0.4) is 0 Å². The molecule has 3 saturated heterocycles. The maximum absolute atomic E-state index is 12.8. The summed E-state index contributed by atoms with van der Waals surface area (Å²) in [5.74, 6) is 2.02. The van der Waals surface area contributed by atoms with Crippen LogP contribution in [0.1, 0.15) is 58.1 Å².